The number of hydrogen-bond donors (Lipinski definition) is 1. The van der Waals surface area contributed by atoms with Gasteiger partial charge in [-0.2, -0.15) is 0 Å². The molecule has 1 aliphatic carbocycles. The number of methoxy groups -OCH3 is 2. The van der Waals surface area contributed by atoms with Crippen LogP contribution in [0.2, 0.25) is 0 Å². The van der Waals surface area contributed by atoms with E-state index in [0.717, 1.165) is 0 Å². The molecule has 2 aromatic rings. The van der Waals surface area contributed by atoms with Gasteiger partial charge in [0.1, 0.15) is 17.1 Å². The molecule has 0 radical (unpaired) electrons. The summed E-state index contributed by atoms with van der Waals surface area (Å²) in [5.41, 5.74) is 6.31. The Morgan fingerprint density at radius 3 is 2.43 bits per heavy atom. The normalized spacial score (nSPS) is 13.8. The fraction of sp³-hybridized carbons (Fsp3) is 0.133. The van der Waals surface area contributed by atoms with Gasteiger partial charge in [0.15, 0.2) is 5.76 Å². The summed E-state index contributed by atoms with van der Waals surface area (Å²) in [5.74, 6) is -0.895. The van der Waals surface area contributed by atoms with E-state index in [2.05, 4.69) is 15.0 Å². The van der Waals surface area contributed by atoms with E-state index in [1.807, 2.05) is 0 Å². The second-order valence-electron chi connectivity index (χ2n) is 4.64. The Bertz CT molecular complexity index is 860. The zero-order chi connectivity index (χ0) is 16.6. The number of ketones is 2. The van der Waals surface area contributed by atoms with Gasteiger partial charge in [0.05, 0.1) is 37.9 Å². The number of rotatable bonds is 3. The smallest absolute Gasteiger partial charge is 0.232 e. The van der Waals surface area contributed by atoms with E-state index in [1.165, 1.54) is 32.7 Å². The van der Waals surface area contributed by atoms with Crippen molar-refractivity contribution in [3.63, 3.8) is 0 Å². The second kappa shape index (κ2) is 5.48. The molecule has 0 saturated carbocycles. The maximum absolute atomic E-state index is 12.3. The number of fused-ring (bicyclic) bond motifs is 1. The lowest BCUT2D eigenvalue weighted by atomic mass is 9.95. The van der Waals surface area contributed by atoms with Crippen LogP contribution in [0, 0.1) is 0 Å². The summed E-state index contributed by atoms with van der Waals surface area (Å²) in [6.07, 6.45) is 2.92. The van der Waals surface area contributed by atoms with E-state index in [9.17, 15) is 9.59 Å². The minimum absolute atomic E-state index is 0.0320. The Hall–Kier alpha value is -3.29. The molecular weight excluding hydrogens is 300 g/mol. The molecule has 1 aliphatic rings. The van der Waals surface area contributed by atoms with Crippen LogP contribution in [0.5, 0.6) is 5.88 Å². The third kappa shape index (κ3) is 2.30. The molecule has 0 aromatic carbocycles. The molecule has 0 aliphatic heterocycles. The molecule has 2 N–H and O–H groups in total. The van der Waals surface area contributed by atoms with Crippen LogP contribution in [0.15, 0.2) is 36.0 Å². The number of allylic oxidation sites excluding steroid dienone is 2. The molecule has 3 rings (SSSR count). The molecule has 2 aromatic heterocycles. The van der Waals surface area contributed by atoms with Crippen molar-refractivity contribution < 1.29 is 19.1 Å². The maximum atomic E-state index is 12.3. The van der Waals surface area contributed by atoms with E-state index in [1.54, 1.807) is 6.07 Å². The number of Topliss-reactive ketones (excluding diaryl/α,β-unsaturated/α-hetero) is 2. The molecule has 0 atom stereocenters. The monoisotopic (exact) mass is 312 g/mol. The van der Waals surface area contributed by atoms with Gasteiger partial charge in [-0.15, -0.1) is 0 Å². The highest BCUT2D eigenvalue weighted by atomic mass is 16.5. The first-order valence-corrected chi connectivity index (χ1v) is 6.57. The lowest BCUT2D eigenvalue weighted by Crippen LogP contribution is -2.28. The predicted molar refractivity (Wildman–Crippen MR) is 78.7 cm³/mol. The largest absolute Gasteiger partial charge is 0.491 e. The number of ether oxygens (including phenoxy) is 2. The number of carbonyl (C=O) groups excluding carboxylic acids is 2. The highest BCUT2D eigenvalue weighted by Crippen LogP contribution is 2.26. The average molecular weight is 312 g/mol. The number of nitrogens with two attached hydrogens (primary N) is 1. The van der Waals surface area contributed by atoms with Gasteiger partial charge in [-0.3, -0.25) is 14.6 Å². The van der Waals surface area contributed by atoms with Crippen molar-refractivity contribution >= 4 is 11.6 Å². The molecule has 8 nitrogen and oxygen atoms in total. The molecule has 0 amide bonds. The van der Waals surface area contributed by atoms with E-state index in [4.69, 9.17) is 15.2 Å². The van der Waals surface area contributed by atoms with Crippen LogP contribution in [0.1, 0.15) is 20.8 Å². The number of pyridine rings is 1. The highest BCUT2D eigenvalue weighted by molar-refractivity contribution is 6.25. The van der Waals surface area contributed by atoms with Crippen LogP contribution in [-0.2, 0) is 4.74 Å². The molecule has 2 heterocycles. The molecule has 8 heteroatoms. The van der Waals surface area contributed by atoms with Gasteiger partial charge in [-0.1, -0.05) is 0 Å². The molecular formula is C15H12N4O4. The lowest BCUT2D eigenvalue weighted by Gasteiger charge is -2.17. The Morgan fingerprint density at radius 2 is 1.74 bits per heavy atom. The van der Waals surface area contributed by atoms with E-state index >= 15 is 0 Å². The summed E-state index contributed by atoms with van der Waals surface area (Å²) in [6, 6.07) is 3.06. The minimum atomic E-state index is -0.561. The van der Waals surface area contributed by atoms with Crippen molar-refractivity contribution in [3.05, 3.63) is 47.2 Å². The Morgan fingerprint density at radius 1 is 0.957 bits per heavy atom. The first-order chi connectivity index (χ1) is 11.1. The number of carbonyl (C=O) groups is 2. The van der Waals surface area contributed by atoms with E-state index in [-0.39, 0.29) is 22.7 Å². The molecule has 116 valence electrons. The summed E-state index contributed by atoms with van der Waals surface area (Å²) in [5, 5.41) is 0. The van der Waals surface area contributed by atoms with Crippen LogP contribution in [0.25, 0.3) is 11.4 Å². The van der Waals surface area contributed by atoms with Gasteiger partial charge < -0.3 is 15.2 Å². The van der Waals surface area contributed by atoms with Gasteiger partial charge in [0.25, 0.3) is 0 Å². The Balaban J connectivity index is 2.12. The van der Waals surface area contributed by atoms with Gasteiger partial charge >= 0.3 is 0 Å². The first kappa shape index (κ1) is 14.6. The quantitative estimate of drug-likeness (QED) is 0.882. The molecule has 0 bridgehead atoms. The van der Waals surface area contributed by atoms with Crippen molar-refractivity contribution in [2.45, 2.75) is 0 Å². The van der Waals surface area contributed by atoms with Crippen molar-refractivity contribution in [2.24, 2.45) is 5.73 Å². The van der Waals surface area contributed by atoms with Crippen molar-refractivity contribution in [1.82, 2.24) is 15.0 Å². The minimum Gasteiger partial charge on any atom is -0.491 e. The van der Waals surface area contributed by atoms with Crippen LogP contribution in [0.4, 0.5) is 0 Å². The average Bonchev–Trinajstić information content (AvgIpc) is 2.60. The molecule has 0 spiro atoms. The zero-order valence-electron chi connectivity index (χ0n) is 12.4. The Kier molecular flexibility index (Phi) is 3.49. The fourth-order valence-corrected chi connectivity index (χ4v) is 2.21. The summed E-state index contributed by atoms with van der Waals surface area (Å²) < 4.78 is 9.91. The van der Waals surface area contributed by atoms with Gasteiger partial charge in [-0.25, -0.2) is 9.97 Å². The van der Waals surface area contributed by atoms with Crippen LogP contribution < -0.4 is 10.5 Å². The van der Waals surface area contributed by atoms with Gasteiger partial charge in [0, 0.05) is 0 Å². The van der Waals surface area contributed by atoms with Gasteiger partial charge in [0.2, 0.25) is 17.4 Å². The Labute approximate surface area is 131 Å². The topological polar surface area (TPSA) is 117 Å². The van der Waals surface area contributed by atoms with Crippen molar-refractivity contribution in [3.8, 4) is 17.3 Å². The summed E-state index contributed by atoms with van der Waals surface area (Å²) in [7, 11) is 2.75. The predicted octanol–water partition coefficient (Wildman–Crippen LogP) is 0.743. The number of nitrogens with zero attached hydrogens (tertiary/aromatic N) is 3. The first-order valence-electron chi connectivity index (χ1n) is 6.57. The van der Waals surface area contributed by atoms with Crippen LogP contribution >= 0.6 is 0 Å². The SMILES string of the molecule is COC1=C(N)C(=O)c2nc(-c3cncc(OC)n3)ccc2C1=O. The molecule has 0 saturated heterocycles. The van der Waals surface area contributed by atoms with Crippen molar-refractivity contribution in [2.75, 3.05) is 14.2 Å². The van der Waals surface area contributed by atoms with Gasteiger partial charge in [-0.05, 0) is 12.1 Å². The van der Waals surface area contributed by atoms with E-state index < -0.39 is 11.6 Å². The third-order valence-electron chi connectivity index (χ3n) is 3.34. The van der Waals surface area contributed by atoms with Crippen molar-refractivity contribution in [1.29, 1.82) is 0 Å². The van der Waals surface area contributed by atoms with Crippen LogP contribution in [-0.4, -0.2) is 40.7 Å². The lowest BCUT2D eigenvalue weighted by molar-refractivity contribution is 0.0902. The fourth-order valence-electron chi connectivity index (χ4n) is 2.21. The number of hydrogen-bond acceptors (Lipinski definition) is 8. The summed E-state index contributed by atoms with van der Waals surface area (Å²) in [4.78, 5) is 36.9. The summed E-state index contributed by atoms with van der Waals surface area (Å²) >= 11 is 0. The standard InChI is InChI=1S/C15H12N4O4/c1-22-10-6-17-5-9(18-10)8-4-3-7-12(19-8)14(21)11(16)15(23-2)13(7)20/h3-6H,16H2,1-2H3. The highest BCUT2D eigenvalue weighted by Gasteiger charge is 2.33. The molecule has 0 unspecified atom stereocenters. The third-order valence-corrected chi connectivity index (χ3v) is 3.34. The number of aromatic nitrogens is 3. The second-order valence-corrected chi connectivity index (χ2v) is 4.64. The molecule has 23 heavy (non-hydrogen) atoms. The summed E-state index contributed by atoms with van der Waals surface area (Å²) in [6.45, 7) is 0. The zero-order valence-corrected chi connectivity index (χ0v) is 12.4. The maximum Gasteiger partial charge on any atom is 0.232 e. The van der Waals surface area contributed by atoms with Crippen LogP contribution in [0.3, 0.4) is 0 Å². The molecule has 0 fully saturated rings. The van der Waals surface area contributed by atoms with E-state index in [0.29, 0.717) is 17.3 Å².